The standard InChI is InChI=1S/C15H22N4O/c16-15(17)18-13-8-6-12(7-9-13)10-19(11-20)14-4-2-1-3-5-14/h6-9,11,14H,1-5,10H2,(H4,16,17,18). The molecule has 1 saturated carbocycles. The first kappa shape index (κ1) is 14.4. The van der Waals surface area contributed by atoms with Gasteiger partial charge >= 0.3 is 0 Å². The molecule has 0 aromatic heterocycles. The van der Waals surface area contributed by atoms with Crippen LogP contribution in [0.4, 0.5) is 5.69 Å². The molecule has 2 rings (SSSR count). The second kappa shape index (κ2) is 6.93. The number of amides is 1. The molecule has 5 heteroatoms. The van der Waals surface area contributed by atoms with Crippen LogP contribution in [0.15, 0.2) is 29.3 Å². The van der Waals surface area contributed by atoms with E-state index in [-0.39, 0.29) is 5.96 Å². The van der Waals surface area contributed by atoms with Gasteiger partial charge in [0, 0.05) is 12.6 Å². The van der Waals surface area contributed by atoms with E-state index in [1.807, 2.05) is 29.2 Å². The van der Waals surface area contributed by atoms with E-state index in [1.54, 1.807) is 0 Å². The van der Waals surface area contributed by atoms with Crippen LogP contribution in [-0.2, 0) is 11.3 Å². The van der Waals surface area contributed by atoms with Gasteiger partial charge in [0.1, 0.15) is 0 Å². The third-order valence-electron chi connectivity index (χ3n) is 3.74. The van der Waals surface area contributed by atoms with Gasteiger partial charge in [-0.05, 0) is 30.5 Å². The maximum absolute atomic E-state index is 11.3. The molecule has 0 radical (unpaired) electrons. The highest BCUT2D eigenvalue weighted by molar-refractivity contribution is 5.78. The van der Waals surface area contributed by atoms with Crippen molar-refractivity contribution in [3.8, 4) is 0 Å². The molecule has 0 saturated heterocycles. The molecule has 0 atom stereocenters. The largest absolute Gasteiger partial charge is 0.370 e. The maximum Gasteiger partial charge on any atom is 0.210 e. The fourth-order valence-electron chi connectivity index (χ4n) is 2.70. The Balaban J connectivity index is 2.00. The number of aliphatic imine (C=N–C) groups is 1. The molecular weight excluding hydrogens is 252 g/mol. The zero-order chi connectivity index (χ0) is 14.4. The van der Waals surface area contributed by atoms with Crippen LogP contribution in [0.5, 0.6) is 0 Å². The normalized spacial score (nSPS) is 15.6. The van der Waals surface area contributed by atoms with E-state index in [1.165, 1.54) is 19.3 Å². The second-order valence-electron chi connectivity index (χ2n) is 5.27. The molecule has 4 N–H and O–H groups in total. The molecule has 1 aromatic rings. The highest BCUT2D eigenvalue weighted by Crippen LogP contribution is 2.23. The Morgan fingerprint density at radius 1 is 1.20 bits per heavy atom. The zero-order valence-electron chi connectivity index (χ0n) is 11.7. The molecule has 20 heavy (non-hydrogen) atoms. The van der Waals surface area contributed by atoms with E-state index < -0.39 is 0 Å². The van der Waals surface area contributed by atoms with E-state index in [2.05, 4.69) is 4.99 Å². The maximum atomic E-state index is 11.3. The summed E-state index contributed by atoms with van der Waals surface area (Å²) in [6.45, 7) is 0.649. The third kappa shape index (κ3) is 3.98. The van der Waals surface area contributed by atoms with Gasteiger partial charge in [-0.15, -0.1) is 0 Å². The van der Waals surface area contributed by atoms with Crippen LogP contribution in [0.2, 0.25) is 0 Å². The number of guanidine groups is 1. The van der Waals surface area contributed by atoms with E-state index in [4.69, 9.17) is 11.5 Å². The minimum absolute atomic E-state index is 0.0504. The Hall–Kier alpha value is -2.04. The molecule has 0 unspecified atom stereocenters. The lowest BCUT2D eigenvalue weighted by Crippen LogP contribution is -2.35. The molecule has 108 valence electrons. The van der Waals surface area contributed by atoms with Gasteiger partial charge in [0.05, 0.1) is 5.69 Å². The summed E-state index contributed by atoms with van der Waals surface area (Å²) in [5, 5.41) is 0. The van der Waals surface area contributed by atoms with E-state index in [0.29, 0.717) is 12.6 Å². The Morgan fingerprint density at radius 3 is 2.40 bits per heavy atom. The number of nitrogens with two attached hydrogens (primary N) is 2. The number of nitrogens with zero attached hydrogens (tertiary/aromatic N) is 2. The first-order valence-corrected chi connectivity index (χ1v) is 7.08. The highest BCUT2D eigenvalue weighted by Gasteiger charge is 2.19. The summed E-state index contributed by atoms with van der Waals surface area (Å²) >= 11 is 0. The minimum Gasteiger partial charge on any atom is -0.370 e. The van der Waals surface area contributed by atoms with E-state index in [9.17, 15) is 4.79 Å². The number of hydrogen-bond acceptors (Lipinski definition) is 2. The van der Waals surface area contributed by atoms with Crippen molar-refractivity contribution < 1.29 is 4.79 Å². The fraction of sp³-hybridized carbons (Fsp3) is 0.467. The molecular formula is C15H22N4O. The number of carbonyl (C=O) groups is 1. The lowest BCUT2D eigenvalue weighted by atomic mass is 9.94. The van der Waals surface area contributed by atoms with Crippen molar-refractivity contribution in [2.45, 2.75) is 44.7 Å². The number of benzene rings is 1. The summed E-state index contributed by atoms with van der Waals surface area (Å²) in [5.41, 5.74) is 12.5. The van der Waals surface area contributed by atoms with Crippen LogP contribution in [0.1, 0.15) is 37.7 Å². The Morgan fingerprint density at radius 2 is 1.85 bits per heavy atom. The number of carbonyl (C=O) groups excluding carboxylic acids is 1. The van der Waals surface area contributed by atoms with Crippen molar-refractivity contribution in [1.82, 2.24) is 4.90 Å². The van der Waals surface area contributed by atoms with Gasteiger partial charge in [-0.1, -0.05) is 31.4 Å². The summed E-state index contributed by atoms with van der Waals surface area (Å²) < 4.78 is 0. The van der Waals surface area contributed by atoms with Crippen molar-refractivity contribution in [3.05, 3.63) is 29.8 Å². The second-order valence-corrected chi connectivity index (χ2v) is 5.27. The van der Waals surface area contributed by atoms with Crippen molar-refractivity contribution in [2.75, 3.05) is 0 Å². The van der Waals surface area contributed by atoms with Crippen LogP contribution in [0.3, 0.4) is 0 Å². The molecule has 1 aliphatic carbocycles. The summed E-state index contributed by atoms with van der Waals surface area (Å²) in [7, 11) is 0. The van der Waals surface area contributed by atoms with Crippen molar-refractivity contribution in [1.29, 1.82) is 0 Å². The average Bonchev–Trinajstić information content (AvgIpc) is 2.47. The SMILES string of the molecule is NC(N)=Nc1ccc(CN(C=O)C2CCCCC2)cc1. The van der Waals surface area contributed by atoms with Gasteiger partial charge in [-0.3, -0.25) is 4.79 Å². The highest BCUT2D eigenvalue weighted by atomic mass is 16.1. The van der Waals surface area contributed by atoms with Crippen LogP contribution >= 0.6 is 0 Å². The Kier molecular flexibility index (Phi) is 4.98. The molecule has 0 bridgehead atoms. The summed E-state index contributed by atoms with van der Waals surface area (Å²) in [4.78, 5) is 17.2. The molecule has 0 spiro atoms. The monoisotopic (exact) mass is 274 g/mol. The van der Waals surface area contributed by atoms with Gasteiger partial charge < -0.3 is 16.4 Å². The molecule has 1 fully saturated rings. The number of hydrogen-bond donors (Lipinski definition) is 2. The zero-order valence-corrected chi connectivity index (χ0v) is 11.7. The predicted octanol–water partition coefficient (Wildman–Crippen LogP) is 1.88. The van der Waals surface area contributed by atoms with Crippen molar-refractivity contribution >= 4 is 18.1 Å². The van der Waals surface area contributed by atoms with Gasteiger partial charge in [0.25, 0.3) is 0 Å². The molecule has 1 aromatic carbocycles. The Labute approximate surface area is 119 Å². The Bertz CT molecular complexity index is 459. The van der Waals surface area contributed by atoms with Crippen molar-refractivity contribution in [2.24, 2.45) is 16.5 Å². The smallest absolute Gasteiger partial charge is 0.210 e. The summed E-state index contributed by atoms with van der Waals surface area (Å²) in [5.74, 6) is 0.0504. The summed E-state index contributed by atoms with van der Waals surface area (Å²) in [6, 6.07) is 8.03. The number of rotatable bonds is 5. The molecule has 1 amide bonds. The topological polar surface area (TPSA) is 84.7 Å². The molecule has 1 aliphatic rings. The van der Waals surface area contributed by atoms with Gasteiger partial charge in [0.15, 0.2) is 5.96 Å². The predicted molar refractivity (Wildman–Crippen MR) is 80.4 cm³/mol. The fourth-order valence-corrected chi connectivity index (χ4v) is 2.70. The van der Waals surface area contributed by atoms with Crippen LogP contribution in [0, 0.1) is 0 Å². The minimum atomic E-state index is 0.0504. The summed E-state index contributed by atoms with van der Waals surface area (Å²) in [6.07, 6.45) is 6.93. The molecule has 0 aliphatic heterocycles. The quantitative estimate of drug-likeness (QED) is 0.488. The third-order valence-corrected chi connectivity index (χ3v) is 3.74. The van der Waals surface area contributed by atoms with Gasteiger partial charge in [-0.2, -0.15) is 0 Å². The van der Waals surface area contributed by atoms with Crippen LogP contribution in [-0.4, -0.2) is 23.3 Å². The van der Waals surface area contributed by atoms with Crippen molar-refractivity contribution in [3.63, 3.8) is 0 Å². The van der Waals surface area contributed by atoms with Gasteiger partial charge in [-0.25, -0.2) is 4.99 Å². The average molecular weight is 274 g/mol. The molecule has 0 heterocycles. The van der Waals surface area contributed by atoms with E-state index in [0.717, 1.165) is 30.5 Å². The molecule has 5 nitrogen and oxygen atoms in total. The van der Waals surface area contributed by atoms with Crippen LogP contribution < -0.4 is 11.5 Å². The first-order valence-electron chi connectivity index (χ1n) is 7.08. The first-order chi connectivity index (χ1) is 9.69. The lowest BCUT2D eigenvalue weighted by molar-refractivity contribution is -0.121. The van der Waals surface area contributed by atoms with Crippen LogP contribution in [0.25, 0.3) is 0 Å². The lowest BCUT2D eigenvalue weighted by Gasteiger charge is -2.31. The van der Waals surface area contributed by atoms with E-state index >= 15 is 0 Å². The van der Waals surface area contributed by atoms with Gasteiger partial charge in [0.2, 0.25) is 6.41 Å².